The van der Waals surface area contributed by atoms with E-state index in [9.17, 15) is 14.7 Å². The number of nitrogens with one attached hydrogen (secondary N) is 1. The van der Waals surface area contributed by atoms with Gasteiger partial charge >= 0.3 is 5.69 Å². The summed E-state index contributed by atoms with van der Waals surface area (Å²) >= 11 is 0. The van der Waals surface area contributed by atoms with E-state index >= 15 is 0 Å². The summed E-state index contributed by atoms with van der Waals surface area (Å²) in [5.74, 6) is -0.541. The molecule has 7 heteroatoms. The van der Waals surface area contributed by atoms with Gasteiger partial charge in [-0.25, -0.2) is 9.36 Å². The molecule has 0 saturated heterocycles. The Kier molecular flexibility index (Phi) is 3.05. The Morgan fingerprint density at radius 1 is 1.22 bits per heavy atom. The first-order valence-corrected chi connectivity index (χ1v) is 5.08. The number of hydrogen-bond acceptors (Lipinski definition) is 5. The fourth-order valence-electron chi connectivity index (χ4n) is 1.52. The van der Waals surface area contributed by atoms with Crippen molar-refractivity contribution in [3.63, 3.8) is 0 Å². The molecule has 1 aromatic heterocycles. The summed E-state index contributed by atoms with van der Waals surface area (Å²) in [6.45, 7) is 0. The Morgan fingerprint density at radius 3 is 2.50 bits per heavy atom. The van der Waals surface area contributed by atoms with Crippen LogP contribution in [0.15, 0.2) is 50.1 Å². The van der Waals surface area contributed by atoms with Crippen molar-refractivity contribution in [2.24, 2.45) is 10.2 Å². The van der Waals surface area contributed by atoms with Crippen LogP contribution in [0.3, 0.4) is 0 Å². The molecule has 0 unspecified atom stereocenters. The standard InChI is InChI=1S/C11H10N4O3/c1-12-14-8-9(16)13-11(18)15(10(8)17)7-5-3-2-4-6-7/h2-6,17H,1H3,(H,13,16,18). The highest BCUT2D eigenvalue weighted by atomic mass is 16.3. The largest absolute Gasteiger partial charge is 0.492 e. The minimum atomic E-state index is -0.782. The molecule has 2 aromatic rings. The van der Waals surface area contributed by atoms with Gasteiger partial charge in [0.1, 0.15) is 0 Å². The second kappa shape index (κ2) is 4.66. The van der Waals surface area contributed by atoms with Crippen molar-refractivity contribution in [1.29, 1.82) is 0 Å². The molecule has 0 saturated carbocycles. The molecule has 0 amide bonds. The number of aromatic nitrogens is 2. The van der Waals surface area contributed by atoms with Gasteiger partial charge in [-0.3, -0.25) is 9.78 Å². The van der Waals surface area contributed by atoms with Crippen molar-refractivity contribution >= 4 is 5.69 Å². The fraction of sp³-hybridized carbons (Fsp3) is 0.0909. The molecule has 0 atom stereocenters. The molecule has 0 aliphatic rings. The van der Waals surface area contributed by atoms with Crippen LogP contribution < -0.4 is 11.2 Å². The lowest BCUT2D eigenvalue weighted by atomic mass is 10.3. The first-order valence-electron chi connectivity index (χ1n) is 5.08. The van der Waals surface area contributed by atoms with Crippen LogP contribution in [0.25, 0.3) is 5.69 Å². The Balaban J connectivity index is 2.81. The molecule has 2 rings (SSSR count). The monoisotopic (exact) mass is 246 g/mol. The van der Waals surface area contributed by atoms with Crippen molar-refractivity contribution in [2.45, 2.75) is 0 Å². The molecule has 0 aliphatic heterocycles. The summed E-state index contributed by atoms with van der Waals surface area (Å²) in [6, 6.07) is 8.41. The van der Waals surface area contributed by atoms with E-state index in [2.05, 4.69) is 15.2 Å². The van der Waals surface area contributed by atoms with Crippen molar-refractivity contribution in [3.05, 3.63) is 51.2 Å². The van der Waals surface area contributed by atoms with E-state index in [-0.39, 0.29) is 5.69 Å². The van der Waals surface area contributed by atoms with E-state index in [1.807, 2.05) is 0 Å². The molecule has 1 aromatic carbocycles. The Morgan fingerprint density at radius 2 is 1.89 bits per heavy atom. The summed E-state index contributed by atoms with van der Waals surface area (Å²) in [5.41, 5.74) is -1.40. The number of hydrogen-bond donors (Lipinski definition) is 2. The third kappa shape index (κ3) is 1.93. The van der Waals surface area contributed by atoms with E-state index in [0.717, 1.165) is 4.57 Å². The quantitative estimate of drug-likeness (QED) is 0.771. The van der Waals surface area contributed by atoms with Crippen molar-refractivity contribution in [2.75, 3.05) is 7.05 Å². The number of benzene rings is 1. The third-order valence-electron chi connectivity index (χ3n) is 2.28. The minimum absolute atomic E-state index is 0.305. The molecule has 0 spiro atoms. The predicted octanol–water partition coefficient (Wildman–Crippen LogP) is 0.945. The molecule has 0 radical (unpaired) electrons. The smallest absolute Gasteiger partial charge is 0.335 e. The lowest BCUT2D eigenvalue weighted by molar-refractivity contribution is 0.432. The zero-order valence-electron chi connectivity index (χ0n) is 9.49. The Labute approximate surface area is 101 Å². The normalized spacial score (nSPS) is 10.9. The summed E-state index contributed by atoms with van der Waals surface area (Å²) < 4.78 is 0.950. The van der Waals surface area contributed by atoms with Crippen LogP contribution in [0, 0.1) is 0 Å². The molecule has 18 heavy (non-hydrogen) atoms. The second-order valence-corrected chi connectivity index (χ2v) is 3.40. The second-order valence-electron chi connectivity index (χ2n) is 3.40. The number of azo groups is 1. The molecule has 92 valence electrons. The van der Waals surface area contributed by atoms with Crippen LogP contribution >= 0.6 is 0 Å². The van der Waals surface area contributed by atoms with Crippen LogP contribution in [-0.2, 0) is 0 Å². The molecule has 0 aliphatic carbocycles. The first kappa shape index (κ1) is 11.8. The lowest BCUT2D eigenvalue weighted by Gasteiger charge is -2.08. The highest BCUT2D eigenvalue weighted by molar-refractivity contribution is 5.48. The maximum Gasteiger partial charge on any atom is 0.335 e. The van der Waals surface area contributed by atoms with Gasteiger partial charge in [-0.1, -0.05) is 18.2 Å². The zero-order valence-corrected chi connectivity index (χ0v) is 9.49. The van der Waals surface area contributed by atoms with Crippen molar-refractivity contribution in [1.82, 2.24) is 9.55 Å². The number of aromatic amines is 1. The maximum atomic E-state index is 11.7. The zero-order chi connectivity index (χ0) is 13.1. The topological polar surface area (TPSA) is 99.8 Å². The summed E-state index contributed by atoms with van der Waals surface area (Å²) in [4.78, 5) is 25.2. The lowest BCUT2D eigenvalue weighted by Crippen LogP contribution is -2.28. The van der Waals surface area contributed by atoms with Gasteiger partial charge in [0.15, 0.2) is 0 Å². The van der Waals surface area contributed by atoms with Gasteiger partial charge < -0.3 is 5.11 Å². The molecule has 1 heterocycles. The van der Waals surface area contributed by atoms with Crippen LogP contribution in [0.2, 0.25) is 0 Å². The van der Waals surface area contributed by atoms with E-state index in [1.165, 1.54) is 7.05 Å². The Bertz CT molecular complexity index is 700. The van der Waals surface area contributed by atoms with Crippen LogP contribution in [0.5, 0.6) is 5.88 Å². The summed E-state index contributed by atoms with van der Waals surface area (Å²) in [5, 5.41) is 16.9. The van der Waals surface area contributed by atoms with Gasteiger partial charge in [-0.15, -0.1) is 5.11 Å². The first-order chi connectivity index (χ1) is 8.65. The van der Waals surface area contributed by atoms with Crippen molar-refractivity contribution in [3.8, 4) is 11.6 Å². The minimum Gasteiger partial charge on any atom is -0.492 e. The summed E-state index contributed by atoms with van der Waals surface area (Å²) in [7, 11) is 1.36. The van der Waals surface area contributed by atoms with E-state index < -0.39 is 17.1 Å². The molecule has 7 nitrogen and oxygen atoms in total. The fourth-order valence-corrected chi connectivity index (χ4v) is 1.52. The predicted molar refractivity (Wildman–Crippen MR) is 64.8 cm³/mol. The molecule has 0 fully saturated rings. The summed E-state index contributed by atoms with van der Waals surface area (Å²) in [6.07, 6.45) is 0. The average molecular weight is 246 g/mol. The molecular weight excluding hydrogens is 236 g/mol. The number of nitrogens with zero attached hydrogens (tertiary/aromatic N) is 3. The average Bonchev–Trinajstić information content (AvgIpc) is 2.35. The van der Waals surface area contributed by atoms with Gasteiger partial charge in [0.05, 0.1) is 5.69 Å². The van der Waals surface area contributed by atoms with Crippen LogP contribution in [-0.4, -0.2) is 21.7 Å². The SMILES string of the molecule is CN=Nc1c(O)n(-c2ccccc2)c(=O)[nH]c1=O. The van der Waals surface area contributed by atoms with E-state index in [1.54, 1.807) is 30.3 Å². The number of aromatic hydroxyl groups is 1. The molecule has 2 N–H and O–H groups in total. The third-order valence-corrected chi connectivity index (χ3v) is 2.28. The highest BCUT2D eigenvalue weighted by Gasteiger charge is 2.14. The van der Waals surface area contributed by atoms with Crippen molar-refractivity contribution < 1.29 is 5.11 Å². The molecule has 0 bridgehead atoms. The Hall–Kier alpha value is -2.70. The number of H-pyrrole nitrogens is 1. The van der Waals surface area contributed by atoms with Crippen LogP contribution in [0.1, 0.15) is 0 Å². The highest BCUT2D eigenvalue weighted by Crippen LogP contribution is 2.22. The number of para-hydroxylation sites is 1. The maximum absolute atomic E-state index is 11.7. The van der Waals surface area contributed by atoms with Gasteiger partial charge in [0.25, 0.3) is 5.56 Å². The molecular formula is C11H10N4O3. The van der Waals surface area contributed by atoms with Gasteiger partial charge in [0, 0.05) is 7.05 Å². The van der Waals surface area contributed by atoms with E-state index in [4.69, 9.17) is 0 Å². The van der Waals surface area contributed by atoms with Gasteiger partial charge in [-0.05, 0) is 12.1 Å². The van der Waals surface area contributed by atoms with Gasteiger partial charge in [0.2, 0.25) is 11.6 Å². The van der Waals surface area contributed by atoms with Gasteiger partial charge in [-0.2, -0.15) is 5.11 Å². The number of rotatable bonds is 2. The van der Waals surface area contributed by atoms with E-state index in [0.29, 0.717) is 5.69 Å². The van der Waals surface area contributed by atoms with Crippen LogP contribution in [0.4, 0.5) is 5.69 Å².